The molecule has 2 rings (SSSR count). The van der Waals surface area contributed by atoms with Crippen molar-refractivity contribution in [3.05, 3.63) is 23.8 Å². The molecule has 6 nitrogen and oxygen atoms in total. The number of carbonyl (C=O) groups excluding carboxylic acids is 2. The number of anilines is 2. The Hall–Kier alpha value is -1.92. The Morgan fingerprint density at radius 1 is 1.26 bits per heavy atom. The highest BCUT2D eigenvalue weighted by molar-refractivity contribution is 6.01. The van der Waals surface area contributed by atoms with E-state index in [2.05, 4.69) is 10.6 Å². The van der Waals surface area contributed by atoms with Gasteiger partial charge in [-0.15, -0.1) is 0 Å². The third kappa shape index (κ3) is 4.01. The van der Waals surface area contributed by atoms with Crippen molar-refractivity contribution in [2.45, 2.75) is 66.5 Å². The largest absolute Gasteiger partial charge is 0.378 e. The van der Waals surface area contributed by atoms with Crippen LogP contribution in [0.25, 0.3) is 0 Å². The summed E-state index contributed by atoms with van der Waals surface area (Å²) in [6, 6.07) is 5.45. The number of aryl methyl sites for hydroxylation is 1. The van der Waals surface area contributed by atoms with Gasteiger partial charge in [0.15, 0.2) is 0 Å². The van der Waals surface area contributed by atoms with E-state index < -0.39 is 16.4 Å². The molecule has 0 aromatic heterocycles. The molecule has 2 unspecified atom stereocenters. The van der Waals surface area contributed by atoms with Crippen LogP contribution in [0.1, 0.15) is 53.5 Å². The van der Waals surface area contributed by atoms with E-state index in [1.807, 2.05) is 60.6 Å². The minimum absolute atomic E-state index is 0.0297. The van der Waals surface area contributed by atoms with E-state index in [0.29, 0.717) is 24.4 Å². The molecule has 0 saturated heterocycles. The Morgan fingerprint density at radius 2 is 1.89 bits per heavy atom. The van der Waals surface area contributed by atoms with Crippen LogP contribution in [-0.2, 0) is 14.3 Å². The van der Waals surface area contributed by atoms with Crippen LogP contribution >= 0.6 is 0 Å². The zero-order valence-electron chi connectivity index (χ0n) is 17.5. The first-order chi connectivity index (χ1) is 12.3. The van der Waals surface area contributed by atoms with E-state index in [4.69, 9.17) is 10.5 Å². The van der Waals surface area contributed by atoms with Crippen molar-refractivity contribution in [1.82, 2.24) is 0 Å². The molecule has 150 valence electrons. The second-order valence-corrected chi connectivity index (χ2v) is 9.03. The Bertz CT molecular complexity index is 737. The van der Waals surface area contributed by atoms with Gasteiger partial charge in [-0.2, -0.15) is 0 Å². The molecule has 2 amide bonds. The Balaban J connectivity index is 2.15. The van der Waals surface area contributed by atoms with E-state index >= 15 is 0 Å². The first-order valence-electron chi connectivity index (χ1n) is 9.47. The molecule has 1 saturated carbocycles. The number of hydrogen-bond acceptors (Lipinski definition) is 4. The molecule has 1 fully saturated rings. The van der Waals surface area contributed by atoms with Crippen molar-refractivity contribution in [2.75, 3.05) is 17.2 Å². The summed E-state index contributed by atoms with van der Waals surface area (Å²) >= 11 is 0. The number of rotatable bonds is 5. The smallest absolute Gasteiger partial charge is 0.245 e. The van der Waals surface area contributed by atoms with Crippen molar-refractivity contribution in [3.63, 3.8) is 0 Å². The first-order valence-corrected chi connectivity index (χ1v) is 9.47. The maximum Gasteiger partial charge on any atom is 0.245 e. The van der Waals surface area contributed by atoms with E-state index in [1.54, 1.807) is 6.07 Å². The van der Waals surface area contributed by atoms with Crippen LogP contribution in [0.4, 0.5) is 11.4 Å². The number of amides is 2. The topological polar surface area (TPSA) is 93.4 Å². The molecule has 0 spiro atoms. The van der Waals surface area contributed by atoms with Crippen LogP contribution < -0.4 is 16.4 Å². The average Bonchev–Trinajstić information content (AvgIpc) is 2.56. The molecule has 0 heterocycles. The molecule has 0 aliphatic heterocycles. The van der Waals surface area contributed by atoms with Crippen molar-refractivity contribution < 1.29 is 14.3 Å². The first kappa shape index (κ1) is 21.4. The maximum atomic E-state index is 12.9. The summed E-state index contributed by atoms with van der Waals surface area (Å²) in [7, 11) is 0. The van der Waals surface area contributed by atoms with Gasteiger partial charge in [-0.1, -0.05) is 40.7 Å². The second kappa shape index (κ2) is 7.24. The molecule has 27 heavy (non-hydrogen) atoms. The molecular formula is C21H33N3O3. The number of benzene rings is 1. The van der Waals surface area contributed by atoms with Crippen molar-refractivity contribution in [1.29, 1.82) is 0 Å². The fourth-order valence-corrected chi connectivity index (χ4v) is 3.21. The van der Waals surface area contributed by atoms with Crippen molar-refractivity contribution in [2.24, 2.45) is 16.6 Å². The van der Waals surface area contributed by atoms with E-state index in [9.17, 15) is 9.59 Å². The van der Waals surface area contributed by atoms with Gasteiger partial charge < -0.3 is 21.1 Å². The van der Waals surface area contributed by atoms with Gasteiger partial charge in [0.2, 0.25) is 11.8 Å². The molecule has 1 aliphatic carbocycles. The number of hydrogen-bond donors (Lipinski definition) is 3. The fourth-order valence-electron chi connectivity index (χ4n) is 3.21. The predicted octanol–water partition coefficient (Wildman–Crippen LogP) is 3.45. The highest BCUT2D eigenvalue weighted by Crippen LogP contribution is 2.50. The average molecular weight is 376 g/mol. The zero-order chi connectivity index (χ0) is 20.6. The van der Waals surface area contributed by atoms with Crippen molar-refractivity contribution >= 4 is 23.2 Å². The summed E-state index contributed by atoms with van der Waals surface area (Å²) < 4.78 is 5.69. The molecule has 4 N–H and O–H groups in total. The van der Waals surface area contributed by atoms with Crippen LogP contribution in [0, 0.1) is 17.8 Å². The van der Waals surface area contributed by atoms with Gasteiger partial charge in [-0.05, 0) is 31.5 Å². The lowest BCUT2D eigenvalue weighted by Crippen LogP contribution is -2.74. The minimum atomic E-state index is -0.994. The van der Waals surface area contributed by atoms with E-state index in [-0.39, 0.29) is 17.9 Å². The van der Waals surface area contributed by atoms with Gasteiger partial charge in [-0.3, -0.25) is 9.59 Å². The lowest BCUT2D eigenvalue weighted by Gasteiger charge is -2.57. The SMILES string of the molecule is CCOC1CC(N)(C(=O)Nc2ccc(C)c(NC(=O)C(C)(C)C)c2)C1(C)C. The quantitative estimate of drug-likeness (QED) is 0.735. The zero-order valence-corrected chi connectivity index (χ0v) is 17.5. The third-order valence-corrected chi connectivity index (χ3v) is 5.66. The van der Waals surface area contributed by atoms with Crippen molar-refractivity contribution in [3.8, 4) is 0 Å². The molecule has 1 aromatic carbocycles. The number of nitrogens with two attached hydrogens (primary N) is 1. The predicted molar refractivity (Wildman–Crippen MR) is 109 cm³/mol. The van der Waals surface area contributed by atoms with Crippen LogP contribution in [0.3, 0.4) is 0 Å². The van der Waals surface area contributed by atoms with Gasteiger partial charge in [-0.25, -0.2) is 0 Å². The molecule has 2 atom stereocenters. The van der Waals surface area contributed by atoms with Crippen LogP contribution in [-0.4, -0.2) is 30.1 Å². The van der Waals surface area contributed by atoms with Crippen LogP contribution in [0.5, 0.6) is 0 Å². The van der Waals surface area contributed by atoms with Gasteiger partial charge in [0.05, 0.1) is 6.10 Å². The number of ether oxygens (including phenoxy) is 1. The normalized spacial score (nSPS) is 24.1. The summed E-state index contributed by atoms with van der Waals surface area (Å²) in [5.74, 6) is -0.315. The third-order valence-electron chi connectivity index (χ3n) is 5.66. The number of nitrogens with one attached hydrogen (secondary N) is 2. The summed E-state index contributed by atoms with van der Waals surface area (Å²) in [6.07, 6.45) is 0.456. The highest BCUT2D eigenvalue weighted by atomic mass is 16.5. The Kier molecular flexibility index (Phi) is 5.74. The maximum absolute atomic E-state index is 12.9. The second-order valence-electron chi connectivity index (χ2n) is 9.03. The molecule has 1 aliphatic rings. The summed E-state index contributed by atoms with van der Waals surface area (Å²) in [5, 5.41) is 5.84. The minimum Gasteiger partial charge on any atom is -0.378 e. The molecule has 0 bridgehead atoms. The highest BCUT2D eigenvalue weighted by Gasteiger charge is 2.62. The van der Waals surface area contributed by atoms with Crippen LogP contribution in [0.15, 0.2) is 18.2 Å². The van der Waals surface area contributed by atoms with Gasteiger partial charge in [0.1, 0.15) is 5.54 Å². The number of carbonyl (C=O) groups is 2. The lowest BCUT2D eigenvalue weighted by atomic mass is 9.54. The summed E-state index contributed by atoms with van der Waals surface area (Å²) in [4.78, 5) is 25.2. The van der Waals surface area contributed by atoms with Gasteiger partial charge >= 0.3 is 0 Å². The fraction of sp³-hybridized carbons (Fsp3) is 0.619. The molecule has 6 heteroatoms. The molecule has 1 aromatic rings. The van der Waals surface area contributed by atoms with Gasteiger partial charge in [0.25, 0.3) is 0 Å². The standard InChI is InChI=1S/C21H33N3O3/c1-8-27-16-12-21(22,20(16,6)7)18(26)23-14-10-9-13(2)15(11-14)24-17(25)19(3,4)5/h9-11,16H,8,12,22H2,1-7H3,(H,23,26)(H,24,25). The monoisotopic (exact) mass is 375 g/mol. The van der Waals surface area contributed by atoms with E-state index in [0.717, 1.165) is 5.56 Å². The van der Waals surface area contributed by atoms with E-state index in [1.165, 1.54) is 0 Å². The van der Waals surface area contributed by atoms with Crippen LogP contribution in [0.2, 0.25) is 0 Å². The Morgan fingerprint density at radius 3 is 2.41 bits per heavy atom. The molecular weight excluding hydrogens is 342 g/mol. The Labute approximate surface area is 162 Å². The van der Waals surface area contributed by atoms with Gasteiger partial charge in [0, 0.05) is 35.2 Å². The lowest BCUT2D eigenvalue weighted by molar-refractivity contribution is -0.166. The summed E-state index contributed by atoms with van der Waals surface area (Å²) in [5.41, 5.74) is 6.69. The molecule has 0 radical (unpaired) electrons. The summed E-state index contributed by atoms with van der Waals surface area (Å²) in [6.45, 7) is 13.9.